The minimum atomic E-state index is 0.117. The summed E-state index contributed by atoms with van der Waals surface area (Å²) in [5.74, 6) is 0. The summed E-state index contributed by atoms with van der Waals surface area (Å²) in [6.07, 6.45) is 6.27. The third-order valence-electron chi connectivity index (χ3n) is 3.83. The van der Waals surface area contributed by atoms with E-state index in [2.05, 4.69) is 20.3 Å². The number of nitrogens with zero attached hydrogens (tertiary/aromatic N) is 2. The molecule has 0 saturated heterocycles. The van der Waals surface area contributed by atoms with Gasteiger partial charge in [0.15, 0.2) is 0 Å². The Morgan fingerprint density at radius 1 is 1.20 bits per heavy atom. The molecule has 0 saturated carbocycles. The molecule has 1 aliphatic heterocycles. The van der Waals surface area contributed by atoms with E-state index in [1.165, 1.54) is 16.6 Å². The van der Waals surface area contributed by atoms with Crippen molar-refractivity contribution in [2.75, 3.05) is 6.54 Å². The van der Waals surface area contributed by atoms with Gasteiger partial charge in [-0.3, -0.25) is 0 Å². The molecule has 0 spiro atoms. The third-order valence-corrected chi connectivity index (χ3v) is 4.06. The molecule has 5 heteroatoms. The number of hydrogen-bond acceptors (Lipinski definition) is 3. The van der Waals surface area contributed by atoms with E-state index in [-0.39, 0.29) is 6.04 Å². The first kappa shape index (κ1) is 11.9. The maximum atomic E-state index is 6.12. The lowest BCUT2D eigenvalue weighted by Crippen LogP contribution is -2.30. The molecule has 0 amide bonds. The van der Waals surface area contributed by atoms with Crippen molar-refractivity contribution in [2.45, 2.75) is 12.5 Å². The highest BCUT2D eigenvalue weighted by molar-refractivity contribution is 6.31. The van der Waals surface area contributed by atoms with Gasteiger partial charge in [0, 0.05) is 46.1 Å². The van der Waals surface area contributed by atoms with Gasteiger partial charge in [-0.15, -0.1) is 0 Å². The minimum absolute atomic E-state index is 0.117. The van der Waals surface area contributed by atoms with Gasteiger partial charge in [0.25, 0.3) is 0 Å². The Labute approximate surface area is 121 Å². The van der Waals surface area contributed by atoms with Gasteiger partial charge < -0.3 is 10.3 Å². The van der Waals surface area contributed by atoms with Gasteiger partial charge in [-0.2, -0.15) is 0 Å². The molecule has 1 atom stereocenters. The van der Waals surface area contributed by atoms with Crippen LogP contribution in [-0.4, -0.2) is 21.5 Å². The Morgan fingerprint density at radius 3 is 2.90 bits per heavy atom. The molecule has 3 heterocycles. The monoisotopic (exact) mass is 284 g/mol. The predicted molar refractivity (Wildman–Crippen MR) is 78.9 cm³/mol. The Hall–Kier alpha value is -1.91. The lowest BCUT2D eigenvalue weighted by molar-refractivity contribution is 0.557. The molecule has 3 aromatic rings. The number of H-pyrrole nitrogens is 1. The zero-order valence-corrected chi connectivity index (χ0v) is 11.5. The lowest BCUT2D eigenvalue weighted by Gasteiger charge is -2.24. The average molecular weight is 285 g/mol. The molecule has 100 valence electrons. The van der Waals surface area contributed by atoms with Crippen molar-refractivity contribution in [1.82, 2.24) is 20.3 Å². The third kappa shape index (κ3) is 1.80. The second-order valence-electron chi connectivity index (χ2n) is 5.02. The summed E-state index contributed by atoms with van der Waals surface area (Å²) in [4.78, 5) is 11.7. The Morgan fingerprint density at radius 2 is 2.05 bits per heavy atom. The van der Waals surface area contributed by atoms with Crippen molar-refractivity contribution in [3.05, 3.63) is 58.8 Å². The fourth-order valence-corrected chi connectivity index (χ4v) is 3.12. The van der Waals surface area contributed by atoms with Gasteiger partial charge >= 0.3 is 0 Å². The summed E-state index contributed by atoms with van der Waals surface area (Å²) >= 11 is 6.12. The van der Waals surface area contributed by atoms with Crippen LogP contribution >= 0.6 is 11.6 Å². The highest BCUT2D eigenvalue weighted by Crippen LogP contribution is 2.34. The molecule has 4 rings (SSSR count). The van der Waals surface area contributed by atoms with Crippen LogP contribution in [0.3, 0.4) is 0 Å². The molecule has 4 nitrogen and oxygen atoms in total. The SMILES string of the molecule is Clc1ccc2[nH]c3c(c2c1)CCNC3c1cncnc1. The van der Waals surface area contributed by atoms with E-state index in [0.717, 1.165) is 29.1 Å². The number of aromatic nitrogens is 3. The van der Waals surface area contributed by atoms with Gasteiger partial charge in [0.05, 0.1) is 6.04 Å². The van der Waals surface area contributed by atoms with Gasteiger partial charge in [-0.05, 0) is 30.2 Å². The van der Waals surface area contributed by atoms with Crippen LogP contribution in [0.25, 0.3) is 10.9 Å². The van der Waals surface area contributed by atoms with Crippen LogP contribution in [0.1, 0.15) is 22.9 Å². The van der Waals surface area contributed by atoms with Crippen LogP contribution in [0.5, 0.6) is 0 Å². The van der Waals surface area contributed by atoms with Crippen LogP contribution in [0.15, 0.2) is 36.9 Å². The first-order valence-corrected chi connectivity index (χ1v) is 6.99. The van der Waals surface area contributed by atoms with E-state index in [1.54, 1.807) is 6.33 Å². The van der Waals surface area contributed by atoms with Gasteiger partial charge in [-0.1, -0.05) is 11.6 Å². The van der Waals surface area contributed by atoms with Crippen LogP contribution in [0.2, 0.25) is 5.02 Å². The first-order chi connectivity index (χ1) is 9.83. The number of halogens is 1. The van der Waals surface area contributed by atoms with Gasteiger partial charge in [-0.25, -0.2) is 9.97 Å². The second kappa shape index (κ2) is 4.58. The lowest BCUT2D eigenvalue weighted by atomic mass is 9.96. The van der Waals surface area contributed by atoms with Crippen LogP contribution < -0.4 is 5.32 Å². The van der Waals surface area contributed by atoms with E-state index in [0.29, 0.717) is 0 Å². The fourth-order valence-electron chi connectivity index (χ4n) is 2.94. The molecule has 20 heavy (non-hydrogen) atoms. The molecule has 0 bridgehead atoms. The molecular weight excluding hydrogens is 272 g/mol. The topological polar surface area (TPSA) is 53.6 Å². The van der Waals surface area contributed by atoms with Crippen LogP contribution in [-0.2, 0) is 6.42 Å². The van der Waals surface area contributed by atoms with E-state index >= 15 is 0 Å². The molecular formula is C15H13ClN4. The Kier molecular flexibility index (Phi) is 2.72. The van der Waals surface area contributed by atoms with E-state index in [4.69, 9.17) is 11.6 Å². The molecule has 0 aliphatic carbocycles. The average Bonchev–Trinajstić information content (AvgIpc) is 2.86. The maximum Gasteiger partial charge on any atom is 0.115 e. The molecule has 2 N–H and O–H groups in total. The quantitative estimate of drug-likeness (QED) is 0.722. The van der Waals surface area contributed by atoms with Gasteiger partial charge in [0.1, 0.15) is 6.33 Å². The predicted octanol–water partition coefficient (Wildman–Crippen LogP) is 2.85. The van der Waals surface area contributed by atoms with E-state index in [9.17, 15) is 0 Å². The molecule has 1 aromatic carbocycles. The standard InChI is InChI=1S/C15H13ClN4/c16-10-1-2-13-12(5-10)11-3-4-19-14(15(11)20-13)9-6-17-8-18-7-9/h1-2,5-8,14,19-20H,3-4H2. The number of nitrogens with one attached hydrogen (secondary N) is 2. The smallest absolute Gasteiger partial charge is 0.115 e. The number of hydrogen-bond donors (Lipinski definition) is 2. The largest absolute Gasteiger partial charge is 0.357 e. The summed E-state index contributed by atoms with van der Waals surface area (Å²) in [5.41, 5.74) is 4.74. The Balaban J connectivity index is 1.91. The fraction of sp³-hybridized carbons (Fsp3) is 0.200. The summed E-state index contributed by atoms with van der Waals surface area (Å²) in [6.45, 7) is 0.937. The number of aromatic amines is 1. The van der Waals surface area contributed by atoms with Crippen molar-refractivity contribution in [3.8, 4) is 0 Å². The zero-order valence-electron chi connectivity index (χ0n) is 10.7. The van der Waals surface area contributed by atoms with Crippen LogP contribution in [0.4, 0.5) is 0 Å². The van der Waals surface area contributed by atoms with Crippen molar-refractivity contribution >= 4 is 22.5 Å². The van der Waals surface area contributed by atoms with Crippen molar-refractivity contribution < 1.29 is 0 Å². The van der Waals surface area contributed by atoms with E-state index < -0.39 is 0 Å². The normalized spacial score (nSPS) is 18.1. The zero-order chi connectivity index (χ0) is 13.5. The summed E-state index contributed by atoms with van der Waals surface area (Å²) in [6, 6.07) is 6.11. The molecule has 1 unspecified atom stereocenters. The second-order valence-corrected chi connectivity index (χ2v) is 5.45. The molecule has 0 fully saturated rings. The van der Waals surface area contributed by atoms with Crippen molar-refractivity contribution in [2.24, 2.45) is 0 Å². The minimum Gasteiger partial charge on any atom is -0.357 e. The van der Waals surface area contributed by atoms with Crippen LogP contribution in [0, 0.1) is 0 Å². The van der Waals surface area contributed by atoms with Crippen molar-refractivity contribution in [3.63, 3.8) is 0 Å². The van der Waals surface area contributed by atoms with Gasteiger partial charge in [0.2, 0.25) is 0 Å². The highest BCUT2D eigenvalue weighted by Gasteiger charge is 2.25. The van der Waals surface area contributed by atoms with Crippen molar-refractivity contribution in [1.29, 1.82) is 0 Å². The maximum absolute atomic E-state index is 6.12. The number of rotatable bonds is 1. The Bertz CT molecular complexity index is 766. The first-order valence-electron chi connectivity index (χ1n) is 6.61. The molecule has 0 radical (unpaired) electrons. The molecule has 1 aliphatic rings. The van der Waals surface area contributed by atoms with E-state index in [1.807, 2.05) is 30.6 Å². The molecule has 2 aromatic heterocycles. The number of benzene rings is 1. The highest BCUT2D eigenvalue weighted by atomic mass is 35.5. The number of fused-ring (bicyclic) bond motifs is 3. The summed E-state index contributed by atoms with van der Waals surface area (Å²) in [7, 11) is 0. The summed E-state index contributed by atoms with van der Waals surface area (Å²) in [5, 5.41) is 5.52. The summed E-state index contributed by atoms with van der Waals surface area (Å²) < 4.78 is 0.